The lowest BCUT2D eigenvalue weighted by Gasteiger charge is -2.30. The fourth-order valence-electron chi connectivity index (χ4n) is 4.11. The first-order valence-electron chi connectivity index (χ1n) is 11.6. The zero-order valence-electron chi connectivity index (χ0n) is 19.8. The Morgan fingerprint density at radius 3 is 2.57 bits per heavy atom. The average molecular weight is 519 g/mol. The van der Waals surface area contributed by atoms with E-state index in [4.69, 9.17) is 9.15 Å². The molecule has 2 aromatic carbocycles. The number of Topliss-reactive ketones (excluding diaryl/α,β-unsaturated/α-hetero) is 1. The summed E-state index contributed by atoms with van der Waals surface area (Å²) in [5.41, 5.74) is 1.12. The summed E-state index contributed by atoms with van der Waals surface area (Å²) >= 11 is 0. The second-order valence-corrected chi connectivity index (χ2v) is 8.77. The van der Waals surface area contributed by atoms with E-state index in [2.05, 4.69) is 10.3 Å². The number of carbonyl (C=O) groups excluding carboxylic acids is 2. The quantitative estimate of drug-likeness (QED) is 0.413. The number of aromatic nitrogens is 1. The molecule has 12 heteroatoms. The average Bonchev–Trinajstić information content (AvgIpc) is 3.31. The Labute approximate surface area is 209 Å². The molecule has 1 amide bonds. The molecule has 0 unspecified atom stereocenters. The highest BCUT2D eigenvalue weighted by molar-refractivity contribution is 5.93. The van der Waals surface area contributed by atoms with Crippen molar-refractivity contribution in [2.24, 2.45) is 5.92 Å². The van der Waals surface area contributed by atoms with Crippen LogP contribution in [0, 0.1) is 30.3 Å². The lowest BCUT2D eigenvalue weighted by Crippen LogP contribution is -2.48. The monoisotopic (exact) mass is 519 g/mol. The smallest absolute Gasteiger partial charge is 0.305 e. The molecule has 0 spiro atoms. The number of para-hydroxylation sites is 2. The number of fused-ring (bicyclic) bond motifs is 1. The van der Waals surface area contributed by atoms with E-state index in [9.17, 15) is 32.7 Å². The van der Waals surface area contributed by atoms with E-state index in [1.165, 1.54) is 6.92 Å². The van der Waals surface area contributed by atoms with Crippen molar-refractivity contribution in [3.63, 3.8) is 0 Å². The third-order valence-electron chi connectivity index (χ3n) is 6.16. The molecule has 0 bridgehead atoms. The fourth-order valence-corrected chi connectivity index (χ4v) is 4.11. The van der Waals surface area contributed by atoms with Gasteiger partial charge in [-0.3, -0.25) is 14.4 Å². The van der Waals surface area contributed by atoms with E-state index in [-0.39, 0.29) is 5.56 Å². The van der Waals surface area contributed by atoms with Crippen molar-refractivity contribution in [2.45, 2.75) is 32.2 Å². The summed E-state index contributed by atoms with van der Waals surface area (Å²) in [7, 11) is 0. The maximum absolute atomic E-state index is 14.1. The Hall–Kier alpha value is -4.09. The molecule has 2 heterocycles. The summed E-state index contributed by atoms with van der Waals surface area (Å²) in [6.45, 7) is 1.12. The van der Waals surface area contributed by atoms with Gasteiger partial charge >= 0.3 is 5.97 Å². The van der Waals surface area contributed by atoms with Crippen molar-refractivity contribution in [1.29, 1.82) is 0 Å². The van der Waals surface area contributed by atoms with Crippen LogP contribution in [0.1, 0.15) is 24.8 Å². The molecule has 1 aliphatic rings. The van der Waals surface area contributed by atoms with Crippen LogP contribution in [-0.4, -0.2) is 53.5 Å². The number of aliphatic carboxylic acids is 1. The summed E-state index contributed by atoms with van der Waals surface area (Å²) < 4.78 is 52.3. The van der Waals surface area contributed by atoms with Crippen molar-refractivity contribution in [2.75, 3.05) is 24.6 Å². The molecule has 0 radical (unpaired) electrons. The zero-order chi connectivity index (χ0) is 26.7. The number of oxazole rings is 1. The largest absolute Gasteiger partial charge is 0.481 e. The van der Waals surface area contributed by atoms with Gasteiger partial charge in [0.1, 0.15) is 18.2 Å². The number of piperidine rings is 1. The van der Waals surface area contributed by atoms with Gasteiger partial charge in [0.05, 0.1) is 6.42 Å². The van der Waals surface area contributed by atoms with E-state index in [0.717, 1.165) is 0 Å². The number of amides is 1. The third-order valence-corrected chi connectivity index (χ3v) is 6.16. The Bertz CT molecular complexity index is 1280. The molecule has 1 fully saturated rings. The van der Waals surface area contributed by atoms with Crippen molar-refractivity contribution in [3.8, 4) is 5.75 Å². The Kier molecular flexibility index (Phi) is 7.65. The second-order valence-electron chi connectivity index (χ2n) is 8.77. The molecule has 37 heavy (non-hydrogen) atoms. The number of nitrogens with zero attached hydrogens (tertiary/aromatic N) is 2. The van der Waals surface area contributed by atoms with Gasteiger partial charge in [-0.25, -0.2) is 8.78 Å². The number of carboxylic acid groups (broad SMARTS) is 1. The van der Waals surface area contributed by atoms with Crippen LogP contribution in [0.5, 0.6) is 5.75 Å². The molecule has 4 rings (SSSR count). The van der Waals surface area contributed by atoms with Crippen molar-refractivity contribution in [1.82, 2.24) is 10.3 Å². The maximum Gasteiger partial charge on any atom is 0.305 e. The molecule has 3 aromatic rings. The number of hydrogen-bond acceptors (Lipinski definition) is 7. The van der Waals surface area contributed by atoms with Crippen molar-refractivity contribution < 1.29 is 41.8 Å². The standard InChI is InChI=1S/C25H24F3N3O6/c1-13-10-15(26)22(28)23(21(13)27)36-12-18(32)17(11-20(33)34)29-24(35)14-6-8-31(9-7-14)25-30-16-4-2-3-5-19(16)37-25/h2-5,10,14,17H,6-9,11-12H2,1H3,(H,29,35)(H,33,34)/t17-/m0/s1. The number of aryl methyl sites for hydroxylation is 1. The number of carbonyl (C=O) groups is 3. The number of hydrogen-bond donors (Lipinski definition) is 2. The minimum atomic E-state index is -1.61. The van der Waals surface area contributed by atoms with Crippen LogP contribution in [0.15, 0.2) is 34.7 Å². The zero-order valence-corrected chi connectivity index (χ0v) is 19.8. The highest BCUT2D eigenvalue weighted by atomic mass is 19.2. The fraction of sp³-hybridized carbons (Fsp3) is 0.360. The van der Waals surface area contributed by atoms with E-state index in [1.807, 2.05) is 23.1 Å². The molecule has 0 saturated carbocycles. The van der Waals surface area contributed by atoms with E-state index in [1.54, 1.807) is 6.07 Å². The van der Waals surface area contributed by atoms with E-state index >= 15 is 0 Å². The van der Waals surface area contributed by atoms with Gasteiger partial charge in [0.15, 0.2) is 28.8 Å². The molecular formula is C25H24F3N3O6. The van der Waals surface area contributed by atoms with Crippen LogP contribution >= 0.6 is 0 Å². The van der Waals surface area contributed by atoms with Gasteiger partial charge in [-0.1, -0.05) is 12.1 Å². The minimum absolute atomic E-state index is 0.235. The number of ketones is 1. The number of benzene rings is 2. The van der Waals surface area contributed by atoms with Crippen LogP contribution in [0.4, 0.5) is 19.2 Å². The molecule has 2 N–H and O–H groups in total. The van der Waals surface area contributed by atoms with Gasteiger partial charge in [0.25, 0.3) is 6.01 Å². The normalized spacial score (nSPS) is 15.0. The van der Waals surface area contributed by atoms with Crippen LogP contribution in [0.3, 0.4) is 0 Å². The van der Waals surface area contributed by atoms with Gasteiger partial charge in [-0.05, 0) is 43.5 Å². The number of carboxylic acids is 1. The molecule has 9 nitrogen and oxygen atoms in total. The first-order valence-corrected chi connectivity index (χ1v) is 11.6. The SMILES string of the molecule is Cc1cc(F)c(F)c(OCC(=O)[C@H](CC(=O)O)NC(=O)C2CCN(c3nc4ccccc4o3)CC2)c1F. The second kappa shape index (κ2) is 10.9. The molecule has 1 aliphatic heterocycles. The van der Waals surface area contributed by atoms with Gasteiger partial charge < -0.3 is 24.5 Å². The highest BCUT2D eigenvalue weighted by Gasteiger charge is 2.31. The van der Waals surface area contributed by atoms with Crippen LogP contribution < -0.4 is 15.0 Å². The van der Waals surface area contributed by atoms with Crippen LogP contribution in [0.2, 0.25) is 0 Å². The summed E-state index contributed by atoms with van der Waals surface area (Å²) in [6.07, 6.45) is 0.0326. The molecular weight excluding hydrogens is 495 g/mol. The van der Waals surface area contributed by atoms with Gasteiger partial charge in [-0.2, -0.15) is 9.37 Å². The van der Waals surface area contributed by atoms with Gasteiger partial charge in [0.2, 0.25) is 11.7 Å². The topological polar surface area (TPSA) is 122 Å². The molecule has 196 valence electrons. The lowest BCUT2D eigenvalue weighted by atomic mass is 9.95. The Morgan fingerprint density at radius 2 is 1.89 bits per heavy atom. The first-order chi connectivity index (χ1) is 17.6. The molecule has 1 saturated heterocycles. The summed E-state index contributed by atoms with van der Waals surface area (Å²) in [4.78, 5) is 43.0. The Morgan fingerprint density at radius 1 is 1.19 bits per heavy atom. The number of nitrogens with one attached hydrogen (secondary N) is 1. The predicted molar refractivity (Wildman–Crippen MR) is 125 cm³/mol. The summed E-state index contributed by atoms with van der Waals surface area (Å²) in [5.74, 6) is -8.58. The summed E-state index contributed by atoms with van der Waals surface area (Å²) in [6, 6.07) is 6.88. The number of anilines is 1. The van der Waals surface area contributed by atoms with Crippen LogP contribution in [0.25, 0.3) is 11.1 Å². The Balaban J connectivity index is 1.36. The third kappa shape index (κ3) is 5.84. The highest BCUT2D eigenvalue weighted by Crippen LogP contribution is 2.28. The lowest BCUT2D eigenvalue weighted by molar-refractivity contribution is -0.141. The predicted octanol–water partition coefficient (Wildman–Crippen LogP) is 3.38. The molecule has 1 atom stereocenters. The minimum Gasteiger partial charge on any atom is -0.481 e. The van der Waals surface area contributed by atoms with Gasteiger partial charge in [0, 0.05) is 19.0 Å². The van der Waals surface area contributed by atoms with Crippen molar-refractivity contribution >= 4 is 34.8 Å². The maximum atomic E-state index is 14.1. The number of rotatable bonds is 9. The molecule has 1 aromatic heterocycles. The first kappa shape index (κ1) is 26.0. The van der Waals surface area contributed by atoms with Crippen molar-refractivity contribution in [3.05, 3.63) is 53.3 Å². The van der Waals surface area contributed by atoms with E-state index in [0.29, 0.717) is 49.1 Å². The summed E-state index contributed by atoms with van der Waals surface area (Å²) in [5, 5.41) is 11.6. The number of ether oxygens (including phenoxy) is 1. The molecule has 0 aliphatic carbocycles. The van der Waals surface area contributed by atoms with Crippen LogP contribution in [-0.2, 0) is 14.4 Å². The van der Waals surface area contributed by atoms with Gasteiger partial charge in [-0.15, -0.1) is 0 Å². The number of halogens is 3. The van der Waals surface area contributed by atoms with E-state index < -0.39 is 65.8 Å².